The van der Waals surface area contributed by atoms with Crippen molar-refractivity contribution in [3.8, 4) is 0 Å². The Morgan fingerprint density at radius 2 is 1.59 bits per heavy atom. The Labute approximate surface area is 136 Å². The highest BCUT2D eigenvalue weighted by atomic mass is 19.1. The number of hydrogen-bond donors (Lipinski definition) is 0. The van der Waals surface area contributed by atoms with Gasteiger partial charge in [-0.3, -0.25) is 0 Å². The quantitative estimate of drug-likeness (QED) is 0.670. The van der Waals surface area contributed by atoms with E-state index < -0.39 is 0 Å². The number of rotatable bonds is 3. The summed E-state index contributed by atoms with van der Waals surface area (Å²) in [5.74, 6) is 0.709. The average Bonchev–Trinajstić information content (AvgIpc) is 2.52. The van der Waals surface area contributed by atoms with Crippen molar-refractivity contribution < 1.29 is 4.39 Å². The van der Waals surface area contributed by atoms with Crippen LogP contribution in [0.15, 0.2) is 36.4 Å². The molecule has 0 radical (unpaired) electrons. The van der Waals surface area contributed by atoms with Crippen molar-refractivity contribution >= 4 is 0 Å². The Morgan fingerprint density at radius 3 is 2.00 bits per heavy atom. The highest BCUT2D eigenvalue weighted by Crippen LogP contribution is 2.37. The predicted octanol–water partition coefficient (Wildman–Crippen LogP) is 5.46. The molecule has 0 N–H and O–H groups in total. The van der Waals surface area contributed by atoms with Gasteiger partial charge in [-0.05, 0) is 83.7 Å². The van der Waals surface area contributed by atoms with Crippen LogP contribution in [0.5, 0.6) is 0 Å². The highest BCUT2D eigenvalue weighted by Gasteiger charge is 2.36. The van der Waals surface area contributed by atoms with E-state index >= 15 is 0 Å². The number of allylic oxidation sites excluding steroid dienone is 2. The third-order valence-corrected chi connectivity index (χ3v) is 4.93. The summed E-state index contributed by atoms with van der Waals surface area (Å²) in [7, 11) is 4.36. The van der Waals surface area contributed by atoms with Crippen molar-refractivity contribution in [2.75, 3.05) is 14.1 Å². The summed E-state index contributed by atoms with van der Waals surface area (Å²) >= 11 is 0. The van der Waals surface area contributed by atoms with Crippen LogP contribution in [0.1, 0.15) is 52.0 Å². The fourth-order valence-electron chi connectivity index (χ4n) is 3.06. The zero-order valence-corrected chi connectivity index (χ0v) is 14.9. The third-order valence-electron chi connectivity index (χ3n) is 4.93. The highest BCUT2D eigenvalue weighted by molar-refractivity contribution is 5.19. The molecule has 22 heavy (non-hydrogen) atoms. The lowest BCUT2D eigenvalue weighted by Crippen LogP contribution is -2.48. The van der Waals surface area contributed by atoms with E-state index in [-0.39, 0.29) is 11.4 Å². The van der Waals surface area contributed by atoms with Crippen molar-refractivity contribution in [1.29, 1.82) is 0 Å². The van der Waals surface area contributed by atoms with E-state index in [2.05, 4.69) is 25.9 Å². The molecule has 1 fully saturated rings. The Morgan fingerprint density at radius 1 is 1.09 bits per heavy atom. The second-order valence-electron chi connectivity index (χ2n) is 6.77. The molecule has 0 amide bonds. The first-order chi connectivity index (χ1) is 10.4. The smallest absolute Gasteiger partial charge is 0.123 e. The van der Waals surface area contributed by atoms with Gasteiger partial charge in [-0.2, -0.15) is 0 Å². The summed E-state index contributed by atoms with van der Waals surface area (Å²) in [4.78, 5) is 2.38. The van der Waals surface area contributed by atoms with Gasteiger partial charge in [0.25, 0.3) is 0 Å². The normalized spacial score (nSPS) is 25.1. The van der Waals surface area contributed by atoms with Crippen LogP contribution in [0.25, 0.3) is 0 Å². The first-order valence-electron chi connectivity index (χ1n) is 8.42. The Kier molecular flexibility index (Phi) is 7.81. The van der Waals surface area contributed by atoms with Crippen LogP contribution in [0.4, 0.5) is 4.39 Å². The van der Waals surface area contributed by atoms with Gasteiger partial charge in [0, 0.05) is 5.54 Å². The summed E-state index contributed by atoms with van der Waals surface area (Å²) in [5, 5.41) is 0. The number of benzene rings is 1. The summed E-state index contributed by atoms with van der Waals surface area (Å²) < 4.78 is 13.0. The second kappa shape index (κ2) is 9.09. The van der Waals surface area contributed by atoms with Crippen molar-refractivity contribution in [3.05, 3.63) is 47.8 Å². The molecular weight excluding hydrogens is 273 g/mol. The molecule has 0 spiro atoms. The number of nitrogens with zero attached hydrogens (tertiary/aromatic N) is 1. The molecule has 1 aliphatic carbocycles. The van der Waals surface area contributed by atoms with Gasteiger partial charge >= 0.3 is 0 Å². The molecule has 0 aliphatic heterocycles. The summed E-state index contributed by atoms with van der Waals surface area (Å²) in [6, 6.07) is 7.01. The van der Waals surface area contributed by atoms with Crippen LogP contribution in [0.3, 0.4) is 0 Å². The van der Waals surface area contributed by atoms with Gasteiger partial charge in [-0.15, -0.1) is 0 Å². The van der Waals surface area contributed by atoms with Gasteiger partial charge in [0.05, 0.1) is 0 Å². The lowest BCUT2D eigenvalue weighted by molar-refractivity contribution is 0.0830. The van der Waals surface area contributed by atoms with Crippen LogP contribution in [0.2, 0.25) is 0 Å². The zero-order valence-electron chi connectivity index (χ0n) is 14.9. The molecule has 0 saturated heterocycles. The molecule has 0 bridgehead atoms. The predicted molar refractivity (Wildman–Crippen MR) is 94.6 cm³/mol. The molecule has 1 aliphatic rings. The zero-order chi connectivity index (χ0) is 16.6. The fraction of sp³-hybridized carbons (Fsp3) is 0.600. The van der Waals surface area contributed by atoms with Gasteiger partial charge in [-0.25, -0.2) is 4.39 Å². The van der Waals surface area contributed by atoms with Crippen molar-refractivity contribution in [1.82, 2.24) is 4.90 Å². The first-order valence-corrected chi connectivity index (χ1v) is 8.42. The average molecular weight is 305 g/mol. The summed E-state index contributed by atoms with van der Waals surface area (Å²) in [6.07, 6.45) is 10.1. The molecule has 1 aromatic carbocycles. The minimum Gasteiger partial charge on any atom is -0.303 e. The van der Waals surface area contributed by atoms with Gasteiger partial charge in [-0.1, -0.05) is 31.2 Å². The second-order valence-corrected chi connectivity index (χ2v) is 6.77. The molecule has 0 aromatic heterocycles. The van der Waals surface area contributed by atoms with E-state index in [0.717, 1.165) is 12.3 Å². The molecule has 0 atom stereocenters. The summed E-state index contributed by atoms with van der Waals surface area (Å²) in [6.45, 7) is 6.34. The molecule has 0 unspecified atom stereocenters. The van der Waals surface area contributed by atoms with Gasteiger partial charge < -0.3 is 4.90 Å². The van der Waals surface area contributed by atoms with Crippen LogP contribution in [-0.4, -0.2) is 24.5 Å². The Hall–Kier alpha value is -1.15. The van der Waals surface area contributed by atoms with Crippen LogP contribution in [0, 0.1) is 11.7 Å². The molecule has 124 valence electrons. The van der Waals surface area contributed by atoms with E-state index in [9.17, 15) is 4.39 Å². The van der Waals surface area contributed by atoms with E-state index in [1.807, 2.05) is 38.1 Å². The molecule has 1 aromatic rings. The number of hydrogen-bond acceptors (Lipinski definition) is 1. The lowest BCUT2D eigenvalue weighted by Gasteiger charge is -2.45. The molecule has 2 heteroatoms. The van der Waals surface area contributed by atoms with Crippen molar-refractivity contribution in [2.45, 2.75) is 58.4 Å². The van der Waals surface area contributed by atoms with E-state index in [1.54, 1.807) is 12.1 Å². The Bertz CT molecular complexity index is 435. The minimum atomic E-state index is -0.144. The SMILES string of the molecule is C/C=C\C.CC1CCC(Cc2ccc(F)cc2)(N(C)C)CC1. The monoisotopic (exact) mass is 305 g/mol. The number of likely N-dealkylation sites (N-methyl/N-ethyl adjacent to an activating group) is 1. The molecule has 1 saturated carbocycles. The van der Waals surface area contributed by atoms with Gasteiger partial charge in [0.2, 0.25) is 0 Å². The van der Waals surface area contributed by atoms with E-state index in [0.29, 0.717) is 0 Å². The molecule has 0 heterocycles. The van der Waals surface area contributed by atoms with Crippen molar-refractivity contribution in [2.24, 2.45) is 5.92 Å². The topological polar surface area (TPSA) is 3.24 Å². The maximum absolute atomic E-state index is 13.0. The van der Waals surface area contributed by atoms with E-state index in [1.165, 1.54) is 31.2 Å². The first kappa shape index (κ1) is 18.9. The number of halogens is 1. The third kappa shape index (κ3) is 5.57. The maximum Gasteiger partial charge on any atom is 0.123 e. The van der Waals surface area contributed by atoms with Crippen molar-refractivity contribution in [3.63, 3.8) is 0 Å². The van der Waals surface area contributed by atoms with Crippen LogP contribution >= 0.6 is 0 Å². The molecule has 1 nitrogen and oxygen atoms in total. The van der Waals surface area contributed by atoms with Crippen LogP contribution in [-0.2, 0) is 6.42 Å². The standard InChI is InChI=1S/C16H24FN.C4H8/c1-13-8-10-16(11-9-13,18(2)3)12-14-4-6-15(17)7-5-14;1-3-4-2/h4-7,13H,8-12H2,1-3H3;3-4H,1-2H3/b;4-3-. The van der Waals surface area contributed by atoms with Crippen LogP contribution < -0.4 is 0 Å². The Balaban J connectivity index is 0.000000541. The van der Waals surface area contributed by atoms with Gasteiger partial charge in [0.1, 0.15) is 5.82 Å². The maximum atomic E-state index is 13.0. The lowest BCUT2D eigenvalue weighted by atomic mass is 9.73. The minimum absolute atomic E-state index is 0.144. The summed E-state index contributed by atoms with van der Waals surface area (Å²) in [5.41, 5.74) is 1.52. The van der Waals surface area contributed by atoms with Gasteiger partial charge in [0.15, 0.2) is 0 Å². The molecular formula is C20H32FN. The fourth-order valence-corrected chi connectivity index (χ4v) is 3.06. The molecule has 2 rings (SSSR count). The van der Waals surface area contributed by atoms with E-state index in [4.69, 9.17) is 0 Å². The largest absolute Gasteiger partial charge is 0.303 e.